The van der Waals surface area contributed by atoms with Crippen LogP contribution in [-0.2, 0) is 14.4 Å². The molecule has 0 aliphatic carbocycles. The summed E-state index contributed by atoms with van der Waals surface area (Å²) < 4.78 is 0. The molecule has 0 N–H and O–H groups in total. The molecule has 0 aliphatic heterocycles. The number of hydrogen-bond acceptors (Lipinski definition) is 3. The van der Waals surface area contributed by atoms with E-state index < -0.39 is 5.91 Å². The zero-order chi connectivity index (χ0) is 9.02. The first-order valence-corrected chi connectivity index (χ1v) is 3.21. The van der Waals surface area contributed by atoms with Crippen LogP contribution in [0.15, 0.2) is 0 Å². The summed E-state index contributed by atoms with van der Waals surface area (Å²) in [5.41, 5.74) is 0. The van der Waals surface area contributed by atoms with Crippen LogP contribution >= 0.6 is 0 Å². The number of imide groups is 1. The van der Waals surface area contributed by atoms with Crippen molar-refractivity contribution in [1.82, 2.24) is 4.90 Å². The molecule has 4 nitrogen and oxygen atoms in total. The number of amides is 2. The van der Waals surface area contributed by atoms with Crippen molar-refractivity contribution in [2.75, 3.05) is 7.05 Å². The maximum atomic E-state index is 10.9. The van der Waals surface area contributed by atoms with E-state index in [-0.39, 0.29) is 18.1 Å². The number of carbonyl (C=O) groups excluding carboxylic acids is 3. The van der Waals surface area contributed by atoms with Gasteiger partial charge in [-0.2, -0.15) is 0 Å². The van der Waals surface area contributed by atoms with Crippen LogP contribution in [-0.4, -0.2) is 29.5 Å². The minimum atomic E-state index is -0.454. The molecule has 0 bridgehead atoms. The average molecular weight is 157 g/mol. The molecule has 62 valence electrons. The normalized spacial score (nSPS) is 9.00. The lowest BCUT2D eigenvalue weighted by Crippen LogP contribution is -2.32. The van der Waals surface area contributed by atoms with Crippen molar-refractivity contribution in [3.05, 3.63) is 0 Å². The van der Waals surface area contributed by atoms with Crippen LogP contribution in [0.3, 0.4) is 0 Å². The fraction of sp³-hybridized carbons (Fsp3) is 0.571. The Morgan fingerprint density at radius 2 is 1.64 bits per heavy atom. The molecule has 0 saturated carbocycles. The van der Waals surface area contributed by atoms with Crippen LogP contribution in [0.1, 0.15) is 20.3 Å². The maximum absolute atomic E-state index is 10.9. The average Bonchev–Trinajstić information content (AvgIpc) is 1.84. The molecule has 0 heterocycles. The monoisotopic (exact) mass is 157 g/mol. The van der Waals surface area contributed by atoms with Gasteiger partial charge in [0, 0.05) is 14.0 Å². The molecule has 0 aromatic rings. The zero-order valence-corrected chi connectivity index (χ0v) is 6.88. The summed E-state index contributed by atoms with van der Waals surface area (Å²) in [6.45, 7) is 2.59. The molecule has 0 atom stereocenters. The van der Waals surface area contributed by atoms with Crippen molar-refractivity contribution >= 4 is 17.6 Å². The standard InChI is InChI=1S/C7H11NO3/c1-5(9)4-7(11)8(3)6(2)10/h4H2,1-3H3. The highest BCUT2D eigenvalue weighted by Crippen LogP contribution is 1.91. The van der Waals surface area contributed by atoms with Gasteiger partial charge in [0.1, 0.15) is 5.78 Å². The Hall–Kier alpha value is -1.19. The van der Waals surface area contributed by atoms with Gasteiger partial charge in [0.2, 0.25) is 11.8 Å². The molecule has 11 heavy (non-hydrogen) atoms. The van der Waals surface area contributed by atoms with E-state index in [1.807, 2.05) is 0 Å². The van der Waals surface area contributed by atoms with Crippen molar-refractivity contribution in [3.63, 3.8) is 0 Å². The number of nitrogens with zero attached hydrogens (tertiary/aromatic N) is 1. The van der Waals surface area contributed by atoms with Crippen molar-refractivity contribution in [2.24, 2.45) is 0 Å². The lowest BCUT2D eigenvalue weighted by atomic mass is 10.3. The smallest absolute Gasteiger partial charge is 0.236 e. The first-order valence-electron chi connectivity index (χ1n) is 3.21. The number of hydrogen-bond donors (Lipinski definition) is 0. The summed E-state index contributed by atoms with van der Waals surface area (Å²) in [5, 5.41) is 0. The van der Waals surface area contributed by atoms with Gasteiger partial charge in [0.25, 0.3) is 0 Å². The summed E-state index contributed by atoms with van der Waals surface area (Å²) in [5.74, 6) is -1.04. The summed E-state index contributed by atoms with van der Waals surface area (Å²) in [4.78, 5) is 32.8. The van der Waals surface area contributed by atoms with Gasteiger partial charge < -0.3 is 0 Å². The van der Waals surface area contributed by atoms with E-state index in [2.05, 4.69) is 0 Å². The minimum Gasteiger partial charge on any atom is -0.299 e. The van der Waals surface area contributed by atoms with Crippen molar-refractivity contribution in [3.8, 4) is 0 Å². The van der Waals surface area contributed by atoms with Gasteiger partial charge in [0.05, 0.1) is 6.42 Å². The van der Waals surface area contributed by atoms with Gasteiger partial charge in [-0.3, -0.25) is 19.3 Å². The second-order valence-corrected chi connectivity index (χ2v) is 2.35. The first kappa shape index (κ1) is 9.81. The Balaban J connectivity index is 4.04. The summed E-state index contributed by atoms with van der Waals surface area (Å²) >= 11 is 0. The second kappa shape index (κ2) is 3.85. The Bertz CT molecular complexity index is 198. The van der Waals surface area contributed by atoms with Crippen LogP contribution in [0.2, 0.25) is 0 Å². The molecule has 0 radical (unpaired) electrons. The minimum absolute atomic E-state index is 0.198. The Kier molecular flexibility index (Phi) is 3.44. The molecule has 0 saturated heterocycles. The summed E-state index contributed by atoms with van der Waals surface area (Å²) in [6.07, 6.45) is -0.198. The van der Waals surface area contributed by atoms with Crippen molar-refractivity contribution in [1.29, 1.82) is 0 Å². The number of ketones is 1. The quantitative estimate of drug-likeness (QED) is 0.529. The SMILES string of the molecule is CC(=O)CC(=O)N(C)C(C)=O. The third-order valence-electron chi connectivity index (χ3n) is 1.25. The van der Waals surface area contributed by atoms with E-state index in [1.54, 1.807) is 0 Å². The molecule has 0 aromatic carbocycles. The van der Waals surface area contributed by atoms with E-state index in [9.17, 15) is 14.4 Å². The summed E-state index contributed by atoms with van der Waals surface area (Å²) in [7, 11) is 1.35. The highest BCUT2D eigenvalue weighted by Gasteiger charge is 2.13. The highest BCUT2D eigenvalue weighted by atomic mass is 16.2. The van der Waals surface area contributed by atoms with Gasteiger partial charge in [-0.1, -0.05) is 0 Å². The van der Waals surface area contributed by atoms with Crippen molar-refractivity contribution in [2.45, 2.75) is 20.3 Å². The van der Waals surface area contributed by atoms with Gasteiger partial charge in [-0.05, 0) is 6.92 Å². The predicted octanol–water partition coefficient (Wildman–Crippen LogP) is -0.0296. The van der Waals surface area contributed by atoms with Gasteiger partial charge in [-0.25, -0.2) is 0 Å². The van der Waals surface area contributed by atoms with Crippen LogP contribution in [0, 0.1) is 0 Å². The topological polar surface area (TPSA) is 54.5 Å². The van der Waals surface area contributed by atoms with Gasteiger partial charge >= 0.3 is 0 Å². The first-order chi connectivity index (χ1) is 4.95. The largest absolute Gasteiger partial charge is 0.299 e. The molecule has 0 unspecified atom stereocenters. The third-order valence-corrected chi connectivity index (χ3v) is 1.25. The lowest BCUT2D eigenvalue weighted by Gasteiger charge is -2.10. The number of rotatable bonds is 2. The highest BCUT2D eigenvalue weighted by molar-refractivity contribution is 6.03. The molecular formula is C7H11NO3. The Morgan fingerprint density at radius 3 is 1.91 bits per heavy atom. The molecule has 0 fully saturated rings. The second-order valence-electron chi connectivity index (χ2n) is 2.35. The Labute approximate surface area is 65.2 Å². The zero-order valence-electron chi connectivity index (χ0n) is 6.88. The van der Waals surface area contributed by atoms with E-state index >= 15 is 0 Å². The maximum Gasteiger partial charge on any atom is 0.236 e. The van der Waals surface area contributed by atoms with Crippen LogP contribution in [0.4, 0.5) is 0 Å². The number of Topliss-reactive ketones (excluding diaryl/α,β-unsaturated/α-hetero) is 1. The molecular weight excluding hydrogens is 146 g/mol. The van der Waals surface area contributed by atoms with Crippen molar-refractivity contribution < 1.29 is 14.4 Å². The van der Waals surface area contributed by atoms with E-state index in [4.69, 9.17) is 0 Å². The fourth-order valence-electron chi connectivity index (χ4n) is 0.507. The predicted molar refractivity (Wildman–Crippen MR) is 38.7 cm³/mol. The molecule has 0 spiro atoms. The van der Waals surface area contributed by atoms with Crippen LogP contribution in [0.25, 0.3) is 0 Å². The molecule has 0 aliphatic rings. The van der Waals surface area contributed by atoms with Gasteiger partial charge in [-0.15, -0.1) is 0 Å². The molecule has 4 heteroatoms. The van der Waals surface area contributed by atoms with Gasteiger partial charge in [0.15, 0.2) is 0 Å². The molecule has 2 amide bonds. The van der Waals surface area contributed by atoms with E-state index in [1.165, 1.54) is 20.9 Å². The van der Waals surface area contributed by atoms with E-state index in [0.717, 1.165) is 4.90 Å². The molecule has 0 aromatic heterocycles. The number of carbonyl (C=O) groups is 3. The fourth-order valence-corrected chi connectivity index (χ4v) is 0.507. The van der Waals surface area contributed by atoms with Crippen LogP contribution < -0.4 is 0 Å². The lowest BCUT2D eigenvalue weighted by molar-refractivity contribution is -0.142. The van der Waals surface area contributed by atoms with E-state index in [0.29, 0.717) is 0 Å². The Morgan fingerprint density at radius 1 is 1.18 bits per heavy atom. The molecule has 0 rings (SSSR count). The third kappa shape index (κ3) is 3.50. The van der Waals surface area contributed by atoms with Crippen LogP contribution in [0.5, 0.6) is 0 Å². The summed E-state index contributed by atoms with van der Waals surface area (Å²) in [6, 6.07) is 0.